The zero-order valence-electron chi connectivity index (χ0n) is 12.2. The predicted octanol–water partition coefficient (Wildman–Crippen LogP) is 3.69. The van der Waals surface area contributed by atoms with E-state index in [0.29, 0.717) is 18.0 Å². The number of nitrogens with zero attached hydrogens (tertiary/aromatic N) is 2. The summed E-state index contributed by atoms with van der Waals surface area (Å²) in [5.74, 6) is -1.93. The van der Waals surface area contributed by atoms with E-state index in [1.165, 1.54) is 12.3 Å². The Bertz CT molecular complexity index is 841. The van der Waals surface area contributed by atoms with Gasteiger partial charge in [-0.25, -0.2) is 8.78 Å². The van der Waals surface area contributed by atoms with Gasteiger partial charge < -0.3 is 9.73 Å². The third kappa shape index (κ3) is 2.98. The molecule has 1 N–H and O–H groups in total. The van der Waals surface area contributed by atoms with Gasteiger partial charge in [-0.15, -0.1) is 0 Å². The van der Waals surface area contributed by atoms with Gasteiger partial charge in [0.25, 0.3) is 5.91 Å². The molecular formula is C16H13F2N3O2. The molecule has 0 unspecified atom stereocenters. The molecule has 0 radical (unpaired) electrons. The van der Waals surface area contributed by atoms with Crippen molar-refractivity contribution in [1.29, 1.82) is 0 Å². The van der Waals surface area contributed by atoms with Crippen molar-refractivity contribution >= 4 is 11.6 Å². The van der Waals surface area contributed by atoms with Gasteiger partial charge in [-0.05, 0) is 31.2 Å². The molecule has 0 aliphatic rings. The molecule has 118 valence electrons. The third-order valence-corrected chi connectivity index (χ3v) is 3.26. The summed E-state index contributed by atoms with van der Waals surface area (Å²) in [6.45, 7) is 2.44. The molecule has 3 aromatic rings. The van der Waals surface area contributed by atoms with Crippen LogP contribution >= 0.6 is 0 Å². The number of anilines is 1. The highest BCUT2D eigenvalue weighted by Gasteiger charge is 2.17. The molecule has 7 heteroatoms. The van der Waals surface area contributed by atoms with E-state index in [9.17, 15) is 13.6 Å². The Balaban J connectivity index is 1.86. The van der Waals surface area contributed by atoms with E-state index in [0.717, 1.165) is 12.1 Å². The summed E-state index contributed by atoms with van der Waals surface area (Å²) < 4.78 is 33.0. The molecule has 0 spiro atoms. The van der Waals surface area contributed by atoms with Gasteiger partial charge in [-0.2, -0.15) is 5.10 Å². The quantitative estimate of drug-likeness (QED) is 0.798. The second-order valence-electron chi connectivity index (χ2n) is 4.79. The van der Waals surface area contributed by atoms with Gasteiger partial charge in [0, 0.05) is 24.4 Å². The summed E-state index contributed by atoms with van der Waals surface area (Å²) in [5.41, 5.74) is 0.968. The minimum atomic E-state index is -1.03. The van der Waals surface area contributed by atoms with Gasteiger partial charge in [0.15, 0.2) is 23.1 Å². The normalized spacial score (nSPS) is 10.7. The predicted molar refractivity (Wildman–Crippen MR) is 79.9 cm³/mol. The fourth-order valence-corrected chi connectivity index (χ4v) is 2.16. The van der Waals surface area contributed by atoms with Crippen molar-refractivity contribution in [3.05, 3.63) is 60.0 Å². The number of benzene rings is 1. The molecule has 1 amide bonds. The first-order valence-electron chi connectivity index (χ1n) is 6.96. The van der Waals surface area contributed by atoms with Gasteiger partial charge in [0.05, 0.1) is 6.26 Å². The van der Waals surface area contributed by atoms with E-state index >= 15 is 0 Å². The molecule has 5 nitrogen and oxygen atoms in total. The second kappa shape index (κ2) is 6.04. The van der Waals surface area contributed by atoms with Gasteiger partial charge in [0.1, 0.15) is 5.69 Å². The average Bonchev–Trinajstić information content (AvgIpc) is 3.19. The summed E-state index contributed by atoms with van der Waals surface area (Å²) in [6.07, 6.45) is 1.53. The van der Waals surface area contributed by atoms with Crippen LogP contribution in [0.5, 0.6) is 0 Å². The van der Waals surface area contributed by atoms with Crippen LogP contribution in [0.1, 0.15) is 17.4 Å². The Morgan fingerprint density at radius 3 is 2.74 bits per heavy atom. The first kappa shape index (κ1) is 15.0. The van der Waals surface area contributed by atoms with Gasteiger partial charge >= 0.3 is 0 Å². The van der Waals surface area contributed by atoms with Crippen molar-refractivity contribution in [1.82, 2.24) is 9.78 Å². The van der Waals surface area contributed by atoms with Crippen molar-refractivity contribution in [2.24, 2.45) is 0 Å². The minimum Gasteiger partial charge on any atom is -0.463 e. The van der Waals surface area contributed by atoms with Crippen molar-refractivity contribution < 1.29 is 18.0 Å². The summed E-state index contributed by atoms with van der Waals surface area (Å²) in [4.78, 5) is 12.2. The molecule has 1 aromatic carbocycles. The highest BCUT2D eigenvalue weighted by Crippen LogP contribution is 2.22. The van der Waals surface area contributed by atoms with E-state index < -0.39 is 17.5 Å². The summed E-state index contributed by atoms with van der Waals surface area (Å²) in [6, 6.07) is 8.23. The van der Waals surface area contributed by atoms with Crippen LogP contribution in [0.3, 0.4) is 0 Å². The summed E-state index contributed by atoms with van der Waals surface area (Å²) >= 11 is 0. The van der Waals surface area contributed by atoms with Crippen LogP contribution in [0.4, 0.5) is 14.5 Å². The Morgan fingerprint density at radius 2 is 2.09 bits per heavy atom. The highest BCUT2D eigenvalue weighted by molar-refractivity contribution is 6.03. The van der Waals surface area contributed by atoms with Crippen LogP contribution in [0.2, 0.25) is 0 Å². The number of hydrogen-bond donors (Lipinski definition) is 1. The molecule has 0 aliphatic carbocycles. The maximum absolute atomic E-state index is 13.2. The molecule has 23 heavy (non-hydrogen) atoms. The number of aromatic nitrogens is 2. The standard InChI is InChI=1S/C16H13F2N3O2/c1-2-21-14(15-4-3-7-23-15)9-13(20-21)16(22)19-10-5-6-11(17)12(18)8-10/h3-9H,2H2,1H3,(H,19,22). The smallest absolute Gasteiger partial charge is 0.276 e. The van der Waals surface area contributed by atoms with Crippen LogP contribution in [0.25, 0.3) is 11.5 Å². The average molecular weight is 317 g/mol. The van der Waals surface area contributed by atoms with Crippen LogP contribution in [0.15, 0.2) is 47.1 Å². The van der Waals surface area contributed by atoms with Crippen LogP contribution in [-0.2, 0) is 6.54 Å². The number of carbonyl (C=O) groups excluding carboxylic acids is 1. The molecule has 2 aromatic heterocycles. The fourth-order valence-electron chi connectivity index (χ4n) is 2.16. The number of rotatable bonds is 4. The van der Waals surface area contributed by atoms with Crippen LogP contribution in [-0.4, -0.2) is 15.7 Å². The maximum Gasteiger partial charge on any atom is 0.276 e. The van der Waals surface area contributed by atoms with E-state index in [1.807, 2.05) is 6.92 Å². The highest BCUT2D eigenvalue weighted by atomic mass is 19.2. The molecule has 2 heterocycles. The lowest BCUT2D eigenvalue weighted by Gasteiger charge is -2.03. The van der Waals surface area contributed by atoms with Gasteiger partial charge in [-0.3, -0.25) is 9.48 Å². The molecule has 3 rings (SSSR count). The van der Waals surface area contributed by atoms with Crippen LogP contribution < -0.4 is 5.32 Å². The lowest BCUT2D eigenvalue weighted by atomic mass is 10.2. The number of nitrogens with one attached hydrogen (secondary N) is 1. The SMILES string of the molecule is CCn1nc(C(=O)Nc2ccc(F)c(F)c2)cc1-c1ccco1. The molecular weight excluding hydrogens is 304 g/mol. The van der Waals surface area contributed by atoms with Crippen LogP contribution in [0, 0.1) is 11.6 Å². The van der Waals surface area contributed by atoms with Crippen molar-refractivity contribution in [3.63, 3.8) is 0 Å². The number of furan rings is 1. The summed E-state index contributed by atoms with van der Waals surface area (Å²) in [5, 5.41) is 6.68. The topological polar surface area (TPSA) is 60.1 Å². The van der Waals surface area contributed by atoms with E-state index in [1.54, 1.807) is 22.9 Å². The Kier molecular flexibility index (Phi) is 3.92. The minimum absolute atomic E-state index is 0.152. The lowest BCUT2D eigenvalue weighted by molar-refractivity contribution is 0.102. The zero-order valence-corrected chi connectivity index (χ0v) is 12.2. The number of halogens is 2. The first-order chi connectivity index (χ1) is 11.1. The Morgan fingerprint density at radius 1 is 1.26 bits per heavy atom. The van der Waals surface area contributed by atoms with Gasteiger partial charge in [0.2, 0.25) is 0 Å². The van der Waals surface area contributed by atoms with Crippen molar-refractivity contribution in [2.45, 2.75) is 13.5 Å². The molecule has 0 aliphatic heterocycles. The number of hydrogen-bond acceptors (Lipinski definition) is 3. The zero-order chi connectivity index (χ0) is 16.4. The molecule has 0 fully saturated rings. The molecule has 0 bridgehead atoms. The van der Waals surface area contributed by atoms with Gasteiger partial charge in [-0.1, -0.05) is 0 Å². The molecule has 0 saturated heterocycles. The van der Waals surface area contributed by atoms with Crippen molar-refractivity contribution in [3.8, 4) is 11.5 Å². The maximum atomic E-state index is 13.2. The van der Waals surface area contributed by atoms with E-state index in [-0.39, 0.29) is 11.4 Å². The number of aryl methyl sites for hydroxylation is 1. The summed E-state index contributed by atoms with van der Waals surface area (Å²) in [7, 11) is 0. The third-order valence-electron chi connectivity index (χ3n) is 3.26. The second-order valence-corrected chi connectivity index (χ2v) is 4.79. The fraction of sp³-hybridized carbons (Fsp3) is 0.125. The van der Waals surface area contributed by atoms with E-state index in [2.05, 4.69) is 10.4 Å². The molecule has 0 saturated carbocycles. The van der Waals surface area contributed by atoms with Crippen molar-refractivity contribution in [2.75, 3.05) is 5.32 Å². The lowest BCUT2D eigenvalue weighted by Crippen LogP contribution is -2.13. The van der Waals surface area contributed by atoms with E-state index in [4.69, 9.17) is 4.42 Å². The number of carbonyl (C=O) groups is 1. The largest absolute Gasteiger partial charge is 0.463 e. The Hall–Kier alpha value is -2.96. The molecule has 0 atom stereocenters. The monoisotopic (exact) mass is 317 g/mol. The first-order valence-corrected chi connectivity index (χ1v) is 6.96. The number of amides is 1. The Labute approximate surface area is 130 Å².